The molecule has 0 fully saturated rings. The van der Waals surface area contributed by atoms with E-state index in [9.17, 15) is 18.8 Å². The number of carbonyl (C=O) groups excluding carboxylic acids is 3. The fourth-order valence-corrected chi connectivity index (χ4v) is 2.67. The first-order valence-electron chi connectivity index (χ1n) is 9.13. The molecule has 0 saturated carbocycles. The molecule has 2 rings (SSSR count). The lowest BCUT2D eigenvalue weighted by Gasteiger charge is -2.21. The lowest BCUT2D eigenvalue weighted by Crippen LogP contribution is -2.45. The third kappa shape index (κ3) is 5.88. The van der Waals surface area contributed by atoms with Crippen LogP contribution in [0, 0.1) is 11.7 Å². The molecule has 0 saturated heterocycles. The van der Waals surface area contributed by atoms with Crippen LogP contribution in [0.25, 0.3) is 0 Å². The van der Waals surface area contributed by atoms with Crippen molar-refractivity contribution < 1.29 is 28.2 Å². The first kappa shape index (κ1) is 22.1. The van der Waals surface area contributed by atoms with Gasteiger partial charge in [-0.15, -0.1) is 0 Å². The van der Waals surface area contributed by atoms with Crippen LogP contribution < -0.4 is 10.1 Å². The summed E-state index contributed by atoms with van der Waals surface area (Å²) in [6, 6.07) is 9.00. The van der Waals surface area contributed by atoms with Gasteiger partial charge in [-0.2, -0.15) is 0 Å². The first-order chi connectivity index (χ1) is 13.7. The maximum Gasteiger partial charge on any atom is 0.329 e. The van der Waals surface area contributed by atoms with E-state index in [0.29, 0.717) is 16.9 Å². The molecule has 0 aliphatic carbocycles. The molecule has 1 amide bonds. The van der Waals surface area contributed by atoms with E-state index < -0.39 is 23.7 Å². The number of Topliss-reactive ketones (excluding diaryl/α,β-unsaturated/α-hetero) is 1. The Hall–Kier alpha value is -3.22. The number of carbonyl (C=O) groups is 3. The van der Waals surface area contributed by atoms with Gasteiger partial charge >= 0.3 is 5.97 Å². The average molecular weight is 401 g/mol. The van der Waals surface area contributed by atoms with Gasteiger partial charge in [-0.25, -0.2) is 9.18 Å². The molecule has 0 radical (unpaired) electrons. The number of halogens is 1. The van der Waals surface area contributed by atoms with Crippen molar-refractivity contribution >= 4 is 17.7 Å². The van der Waals surface area contributed by atoms with Gasteiger partial charge in [-0.05, 0) is 55.3 Å². The third-order valence-electron chi connectivity index (χ3n) is 4.37. The van der Waals surface area contributed by atoms with Crippen LogP contribution in [0.1, 0.15) is 47.1 Å². The Kier molecular flexibility index (Phi) is 7.47. The van der Waals surface area contributed by atoms with E-state index in [4.69, 9.17) is 9.47 Å². The van der Waals surface area contributed by atoms with Gasteiger partial charge in [-0.3, -0.25) is 9.59 Å². The van der Waals surface area contributed by atoms with Crippen LogP contribution in [-0.4, -0.2) is 30.8 Å². The largest absolute Gasteiger partial charge is 0.496 e. The van der Waals surface area contributed by atoms with Crippen molar-refractivity contribution in [1.82, 2.24) is 5.32 Å². The number of hydrogen-bond acceptors (Lipinski definition) is 5. The minimum Gasteiger partial charge on any atom is -0.496 e. The summed E-state index contributed by atoms with van der Waals surface area (Å²) in [7, 11) is 1.48. The topological polar surface area (TPSA) is 81.7 Å². The van der Waals surface area contributed by atoms with Crippen LogP contribution in [0.3, 0.4) is 0 Å². The fraction of sp³-hybridized carbons (Fsp3) is 0.318. The number of esters is 1. The third-order valence-corrected chi connectivity index (χ3v) is 4.37. The normalized spacial score (nSPS) is 11.7. The van der Waals surface area contributed by atoms with E-state index in [1.54, 1.807) is 32.0 Å². The second-order valence-electron chi connectivity index (χ2n) is 6.89. The van der Waals surface area contributed by atoms with Gasteiger partial charge in [0.2, 0.25) is 0 Å². The van der Waals surface area contributed by atoms with Gasteiger partial charge in [0.1, 0.15) is 24.2 Å². The molecule has 0 aromatic heterocycles. The Bertz CT molecular complexity index is 893. The molecule has 0 bridgehead atoms. The van der Waals surface area contributed by atoms with Crippen LogP contribution >= 0.6 is 0 Å². The standard InChI is InChI=1S/C22H24FNO5/c1-13(2)20(24-21(26)15-5-8-18(23)9-6-15)22(27)29-12-17-11-16(14(3)25)7-10-19(17)28-4/h5-11,13,20H,12H2,1-4H3,(H,24,26)/t20-/m0/s1. The Balaban J connectivity index is 2.10. The molecule has 2 aromatic carbocycles. The highest BCUT2D eigenvalue weighted by atomic mass is 19.1. The predicted octanol–water partition coefficient (Wildman–Crippen LogP) is 3.53. The molecule has 0 spiro atoms. The number of rotatable bonds is 8. The fourth-order valence-electron chi connectivity index (χ4n) is 2.67. The minimum absolute atomic E-state index is 0.112. The Labute approximate surface area is 169 Å². The quantitative estimate of drug-likeness (QED) is 0.541. The van der Waals surface area contributed by atoms with Crippen LogP contribution in [-0.2, 0) is 16.1 Å². The van der Waals surface area contributed by atoms with E-state index in [0.717, 1.165) is 0 Å². The van der Waals surface area contributed by atoms with E-state index in [-0.39, 0.29) is 23.9 Å². The Morgan fingerprint density at radius 2 is 1.66 bits per heavy atom. The van der Waals surface area contributed by atoms with Crippen LogP contribution in [0.15, 0.2) is 42.5 Å². The van der Waals surface area contributed by atoms with Gasteiger partial charge in [0.25, 0.3) is 5.91 Å². The molecule has 6 nitrogen and oxygen atoms in total. The second-order valence-corrected chi connectivity index (χ2v) is 6.89. The molecule has 154 valence electrons. The van der Waals surface area contributed by atoms with E-state index in [1.165, 1.54) is 38.3 Å². The van der Waals surface area contributed by atoms with Crippen molar-refractivity contribution in [3.05, 3.63) is 65.0 Å². The van der Waals surface area contributed by atoms with Crippen molar-refractivity contribution in [3.8, 4) is 5.75 Å². The molecule has 0 heterocycles. The number of nitrogens with one attached hydrogen (secondary N) is 1. The summed E-state index contributed by atoms with van der Waals surface area (Å²) in [5.41, 5.74) is 1.25. The molecule has 0 aliphatic heterocycles. The summed E-state index contributed by atoms with van der Waals surface area (Å²) in [5.74, 6) is -1.45. The van der Waals surface area contributed by atoms with Crippen LogP contribution in [0.4, 0.5) is 4.39 Å². The van der Waals surface area contributed by atoms with Crippen molar-refractivity contribution in [1.29, 1.82) is 0 Å². The van der Waals surface area contributed by atoms with Crippen molar-refractivity contribution in [3.63, 3.8) is 0 Å². The highest BCUT2D eigenvalue weighted by Crippen LogP contribution is 2.21. The molecule has 1 N–H and O–H groups in total. The Morgan fingerprint density at radius 1 is 1.03 bits per heavy atom. The summed E-state index contributed by atoms with van der Waals surface area (Å²) in [6.45, 7) is 4.87. The van der Waals surface area contributed by atoms with Crippen LogP contribution in [0.5, 0.6) is 5.75 Å². The monoisotopic (exact) mass is 401 g/mol. The van der Waals surface area contributed by atoms with E-state index >= 15 is 0 Å². The summed E-state index contributed by atoms with van der Waals surface area (Å²) < 4.78 is 23.7. The number of benzene rings is 2. The van der Waals surface area contributed by atoms with Crippen LogP contribution in [0.2, 0.25) is 0 Å². The number of methoxy groups -OCH3 is 1. The number of ketones is 1. The average Bonchev–Trinajstić information content (AvgIpc) is 2.69. The predicted molar refractivity (Wildman–Crippen MR) is 105 cm³/mol. The van der Waals surface area contributed by atoms with Crippen molar-refractivity contribution in [2.75, 3.05) is 7.11 Å². The highest BCUT2D eigenvalue weighted by Gasteiger charge is 2.26. The summed E-state index contributed by atoms with van der Waals surface area (Å²) >= 11 is 0. The Morgan fingerprint density at radius 3 is 2.21 bits per heavy atom. The molecular formula is C22H24FNO5. The second kappa shape index (κ2) is 9.82. The smallest absolute Gasteiger partial charge is 0.329 e. The van der Waals surface area contributed by atoms with E-state index in [1.807, 2.05) is 0 Å². The summed E-state index contributed by atoms with van der Waals surface area (Å²) in [5, 5.41) is 2.63. The zero-order chi connectivity index (χ0) is 21.6. The SMILES string of the molecule is COc1ccc(C(C)=O)cc1COC(=O)[C@@H](NC(=O)c1ccc(F)cc1)C(C)C. The van der Waals surface area contributed by atoms with Gasteiger partial charge in [0.15, 0.2) is 5.78 Å². The zero-order valence-electron chi connectivity index (χ0n) is 16.8. The highest BCUT2D eigenvalue weighted by molar-refractivity contribution is 5.97. The maximum absolute atomic E-state index is 13.0. The first-order valence-corrected chi connectivity index (χ1v) is 9.13. The zero-order valence-corrected chi connectivity index (χ0v) is 16.8. The van der Waals surface area contributed by atoms with Gasteiger partial charge < -0.3 is 14.8 Å². The molecule has 7 heteroatoms. The minimum atomic E-state index is -0.894. The number of hydrogen-bond donors (Lipinski definition) is 1. The lowest BCUT2D eigenvalue weighted by atomic mass is 10.0. The molecule has 29 heavy (non-hydrogen) atoms. The molecule has 1 atom stereocenters. The molecule has 0 unspecified atom stereocenters. The summed E-state index contributed by atoms with van der Waals surface area (Å²) in [4.78, 5) is 36.6. The molecular weight excluding hydrogens is 377 g/mol. The molecule has 0 aliphatic rings. The van der Waals surface area contributed by atoms with E-state index in [2.05, 4.69) is 5.32 Å². The number of amides is 1. The number of ether oxygens (including phenoxy) is 2. The molecule has 2 aromatic rings. The lowest BCUT2D eigenvalue weighted by molar-refractivity contribution is -0.148. The van der Waals surface area contributed by atoms with Crippen molar-refractivity contribution in [2.45, 2.75) is 33.4 Å². The van der Waals surface area contributed by atoms with Gasteiger partial charge in [0, 0.05) is 16.7 Å². The maximum atomic E-state index is 13.0. The van der Waals surface area contributed by atoms with Gasteiger partial charge in [-0.1, -0.05) is 13.8 Å². The van der Waals surface area contributed by atoms with Crippen molar-refractivity contribution in [2.24, 2.45) is 5.92 Å². The van der Waals surface area contributed by atoms with Gasteiger partial charge in [0.05, 0.1) is 7.11 Å². The summed E-state index contributed by atoms with van der Waals surface area (Å²) in [6.07, 6.45) is 0.